The van der Waals surface area contributed by atoms with Crippen molar-refractivity contribution in [2.24, 2.45) is 0 Å². The average molecular weight is 257 g/mol. The van der Waals surface area contributed by atoms with Gasteiger partial charge in [0.2, 0.25) is 5.69 Å². The summed E-state index contributed by atoms with van der Waals surface area (Å²) in [5.74, 6) is -0.533. The minimum absolute atomic E-state index is 0.0866. The van der Waals surface area contributed by atoms with E-state index >= 15 is 0 Å². The van der Waals surface area contributed by atoms with Gasteiger partial charge in [-0.05, 0) is 25.1 Å². The molecule has 19 heavy (non-hydrogen) atoms. The van der Waals surface area contributed by atoms with Gasteiger partial charge in [0.25, 0.3) is 0 Å². The molecule has 1 aromatic heterocycles. The van der Waals surface area contributed by atoms with Crippen LogP contribution in [0.2, 0.25) is 0 Å². The number of aromatic hydroxyl groups is 1. The molecule has 0 saturated heterocycles. The molecule has 1 N–H and O–H groups in total. The Bertz CT molecular complexity index is 655. The fourth-order valence-corrected chi connectivity index (χ4v) is 1.53. The maximum absolute atomic E-state index is 11.5. The monoisotopic (exact) mass is 257 g/mol. The number of esters is 1. The van der Waals surface area contributed by atoms with Crippen molar-refractivity contribution in [2.45, 2.75) is 6.92 Å². The number of phenolic OH excluding ortho intramolecular Hbond substituents is 1. The molecule has 96 valence electrons. The van der Waals surface area contributed by atoms with Crippen LogP contribution in [0.15, 0.2) is 30.6 Å². The lowest BCUT2D eigenvalue weighted by Gasteiger charge is -2.03. The van der Waals surface area contributed by atoms with Crippen molar-refractivity contribution in [3.63, 3.8) is 0 Å². The van der Waals surface area contributed by atoms with Gasteiger partial charge in [0.15, 0.2) is 0 Å². The molecule has 0 unspecified atom stereocenters. The van der Waals surface area contributed by atoms with Gasteiger partial charge in [0.1, 0.15) is 5.75 Å². The van der Waals surface area contributed by atoms with Crippen LogP contribution in [0.25, 0.3) is 10.5 Å². The summed E-state index contributed by atoms with van der Waals surface area (Å²) in [6, 6.07) is 4.50. The first-order valence-corrected chi connectivity index (χ1v) is 5.58. The van der Waals surface area contributed by atoms with Crippen molar-refractivity contribution in [3.8, 4) is 11.4 Å². The van der Waals surface area contributed by atoms with Gasteiger partial charge in [-0.25, -0.2) is 14.3 Å². The SMILES string of the molecule is [C-]#[N+]c1cc(-n2cc(C(=O)OCC)cn2)ccc1O. The Morgan fingerprint density at radius 1 is 1.58 bits per heavy atom. The smallest absolute Gasteiger partial charge is 0.341 e. The third-order valence-electron chi connectivity index (χ3n) is 2.44. The second-order valence-electron chi connectivity index (χ2n) is 3.68. The van der Waals surface area contributed by atoms with Gasteiger partial charge in [-0.2, -0.15) is 5.10 Å². The second-order valence-corrected chi connectivity index (χ2v) is 3.68. The zero-order valence-corrected chi connectivity index (χ0v) is 10.2. The van der Waals surface area contributed by atoms with Gasteiger partial charge in [0, 0.05) is 6.20 Å². The van der Waals surface area contributed by atoms with E-state index in [2.05, 4.69) is 9.94 Å². The van der Waals surface area contributed by atoms with Crippen LogP contribution >= 0.6 is 0 Å². The standard InChI is InChI=1S/C13H11N3O3/c1-3-19-13(18)9-7-15-16(8-9)10-4-5-12(17)11(6-10)14-2/h4-8,17H,3H2,1H3. The molecule has 0 aliphatic carbocycles. The Hall–Kier alpha value is -2.81. The summed E-state index contributed by atoms with van der Waals surface area (Å²) in [6.07, 6.45) is 2.90. The Morgan fingerprint density at radius 3 is 3.05 bits per heavy atom. The lowest BCUT2D eigenvalue weighted by Crippen LogP contribution is -2.03. The molecule has 0 aliphatic heterocycles. The normalized spacial score (nSPS) is 9.89. The number of aromatic nitrogens is 2. The van der Waals surface area contributed by atoms with Crippen molar-refractivity contribution in [3.05, 3.63) is 47.6 Å². The van der Waals surface area contributed by atoms with Crippen LogP contribution in [-0.2, 0) is 4.74 Å². The number of benzene rings is 1. The summed E-state index contributed by atoms with van der Waals surface area (Å²) in [5, 5.41) is 13.5. The van der Waals surface area contributed by atoms with Crippen molar-refractivity contribution >= 4 is 11.7 Å². The van der Waals surface area contributed by atoms with Gasteiger partial charge < -0.3 is 9.84 Å². The zero-order chi connectivity index (χ0) is 13.8. The molecular weight excluding hydrogens is 246 g/mol. The number of carbonyl (C=O) groups excluding carboxylic acids is 1. The fraction of sp³-hybridized carbons (Fsp3) is 0.154. The van der Waals surface area contributed by atoms with Crippen LogP contribution in [-0.4, -0.2) is 27.5 Å². The van der Waals surface area contributed by atoms with E-state index in [1.54, 1.807) is 13.0 Å². The Balaban J connectivity index is 2.33. The molecule has 0 amide bonds. The van der Waals surface area contributed by atoms with E-state index in [1.807, 2.05) is 0 Å². The quantitative estimate of drug-likeness (QED) is 0.676. The summed E-state index contributed by atoms with van der Waals surface area (Å²) in [4.78, 5) is 14.7. The first-order valence-electron chi connectivity index (χ1n) is 5.58. The largest absolute Gasteiger partial charge is 0.519 e. The summed E-state index contributed by atoms with van der Waals surface area (Å²) < 4.78 is 6.31. The maximum atomic E-state index is 11.5. The minimum Gasteiger partial charge on any atom is -0.519 e. The Kier molecular flexibility index (Phi) is 3.48. The van der Waals surface area contributed by atoms with Crippen LogP contribution in [0.4, 0.5) is 5.69 Å². The minimum atomic E-state index is -0.446. The summed E-state index contributed by atoms with van der Waals surface area (Å²) in [6.45, 7) is 8.96. The lowest BCUT2D eigenvalue weighted by molar-refractivity contribution is 0.0526. The zero-order valence-electron chi connectivity index (χ0n) is 10.2. The van der Waals surface area contributed by atoms with E-state index in [9.17, 15) is 9.90 Å². The van der Waals surface area contributed by atoms with E-state index in [-0.39, 0.29) is 11.4 Å². The predicted molar refractivity (Wildman–Crippen MR) is 67.4 cm³/mol. The van der Waals surface area contributed by atoms with E-state index in [0.717, 1.165) is 0 Å². The molecule has 0 saturated carbocycles. The number of rotatable bonds is 3. The average Bonchev–Trinajstić information content (AvgIpc) is 2.89. The second kappa shape index (κ2) is 5.23. The van der Waals surface area contributed by atoms with Gasteiger partial charge in [-0.3, -0.25) is 0 Å². The Morgan fingerprint density at radius 2 is 2.37 bits per heavy atom. The summed E-state index contributed by atoms with van der Waals surface area (Å²) in [5.41, 5.74) is 1.05. The van der Waals surface area contributed by atoms with Crippen molar-refractivity contribution in [1.29, 1.82) is 0 Å². The number of hydrogen-bond acceptors (Lipinski definition) is 4. The molecule has 0 atom stereocenters. The molecule has 0 radical (unpaired) electrons. The van der Waals surface area contributed by atoms with Crippen LogP contribution in [0.3, 0.4) is 0 Å². The molecule has 6 nitrogen and oxygen atoms in total. The van der Waals surface area contributed by atoms with Gasteiger partial charge >= 0.3 is 5.97 Å². The van der Waals surface area contributed by atoms with E-state index < -0.39 is 5.97 Å². The number of nitrogens with zero attached hydrogens (tertiary/aromatic N) is 3. The lowest BCUT2D eigenvalue weighted by atomic mass is 10.2. The molecule has 6 heteroatoms. The molecule has 0 spiro atoms. The van der Waals surface area contributed by atoms with Crippen molar-refractivity contribution < 1.29 is 14.6 Å². The van der Waals surface area contributed by atoms with Crippen LogP contribution in [0.5, 0.6) is 5.75 Å². The third kappa shape index (κ3) is 2.55. The first kappa shape index (κ1) is 12.6. The van der Waals surface area contributed by atoms with Crippen LogP contribution in [0.1, 0.15) is 17.3 Å². The van der Waals surface area contributed by atoms with Crippen molar-refractivity contribution in [2.75, 3.05) is 6.61 Å². The van der Waals surface area contributed by atoms with E-state index in [0.29, 0.717) is 17.9 Å². The molecule has 0 fully saturated rings. The first-order chi connectivity index (χ1) is 9.15. The number of carbonyl (C=O) groups is 1. The fourth-order valence-electron chi connectivity index (χ4n) is 1.53. The van der Waals surface area contributed by atoms with E-state index in [1.165, 1.54) is 29.2 Å². The highest BCUT2D eigenvalue weighted by Crippen LogP contribution is 2.28. The topological polar surface area (TPSA) is 68.7 Å². The third-order valence-corrected chi connectivity index (χ3v) is 2.44. The molecule has 2 rings (SSSR count). The molecule has 1 heterocycles. The number of hydrogen-bond donors (Lipinski definition) is 1. The highest BCUT2D eigenvalue weighted by atomic mass is 16.5. The van der Waals surface area contributed by atoms with Crippen LogP contribution < -0.4 is 0 Å². The van der Waals surface area contributed by atoms with Crippen molar-refractivity contribution in [1.82, 2.24) is 9.78 Å². The van der Waals surface area contributed by atoms with E-state index in [4.69, 9.17) is 11.3 Å². The predicted octanol–water partition coefficient (Wildman–Crippen LogP) is 2.31. The van der Waals surface area contributed by atoms with Gasteiger partial charge in [-0.15, -0.1) is 0 Å². The molecule has 2 aromatic rings. The molecular formula is C13H11N3O3. The molecule has 0 bridgehead atoms. The highest BCUT2D eigenvalue weighted by Gasteiger charge is 2.11. The highest BCUT2D eigenvalue weighted by molar-refractivity contribution is 5.88. The maximum Gasteiger partial charge on any atom is 0.341 e. The number of ether oxygens (including phenoxy) is 1. The number of phenols is 1. The molecule has 0 aliphatic rings. The molecule has 1 aromatic carbocycles. The van der Waals surface area contributed by atoms with Gasteiger partial charge in [0.05, 0.1) is 30.6 Å². The Labute approximate surface area is 109 Å². The summed E-state index contributed by atoms with van der Waals surface area (Å²) in [7, 11) is 0. The summed E-state index contributed by atoms with van der Waals surface area (Å²) >= 11 is 0. The van der Waals surface area contributed by atoms with Gasteiger partial charge in [-0.1, -0.05) is 0 Å². The van der Waals surface area contributed by atoms with Crippen LogP contribution in [0, 0.1) is 6.57 Å².